The highest BCUT2D eigenvalue weighted by Crippen LogP contribution is 2.20. The molecule has 0 bridgehead atoms. The molecule has 2 N–H and O–H groups in total. The normalized spacial score (nSPS) is 9.80. The fraction of sp³-hybridized carbons (Fsp3) is 0.364. The highest BCUT2D eigenvalue weighted by atomic mass is 79.9. The third kappa shape index (κ3) is 3.91. The molecule has 2 amide bonds. The molecule has 0 aliphatic carbocycles. The van der Waals surface area contributed by atoms with Crippen LogP contribution in [-0.2, 0) is 0 Å². The van der Waals surface area contributed by atoms with E-state index in [4.69, 9.17) is 0 Å². The molecule has 0 radical (unpaired) electrons. The van der Waals surface area contributed by atoms with Gasteiger partial charge in [0.05, 0.1) is 0 Å². The Morgan fingerprint density at radius 2 is 2.20 bits per heavy atom. The quantitative estimate of drug-likeness (QED) is 0.870. The van der Waals surface area contributed by atoms with E-state index in [1.807, 2.05) is 32.0 Å². The van der Waals surface area contributed by atoms with E-state index in [1.165, 1.54) is 0 Å². The summed E-state index contributed by atoms with van der Waals surface area (Å²) in [5.74, 6) is 0. The first-order valence-corrected chi connectivity index (χ1v) is 5.73. The predicted molar refractivity (Wildman–Crippen MR) is 66.2 cm³/mol. The van der Waals surface area contributed by atoms with Crippen LogP contribution in [0.25, 0.3) is 0 Å². The van der Waals surface area contributed by atoms with Gasteiger partial charge >= 0.3 is 6.03 Å². The molecule has 3 nitrogen and oxygen atoms in total. The van der Waals surface area contributed by atoms with E-state index in [-0.39, 0.29) is 6.03 Å². The Morgan fingerprint density at radius 3 is 2.87 bits per heavy atom. The van der Waals surface area contributed by atoms with Gasteiger partial charge in [0, 0.05) is 16.7 Å². The minimum Gasteiger partial charge on any atom is -0.338 e. The number of amides is 2. The summed E-state index contributed by atoms with van der Waals surface area (Å²) < 4.78 is 0.957. The summed E-state index contributed by atoms with van der Waals surface area (Å²) in [7, 11) is 0. The smallest absolute Gasteiger partial charge is 0.319 e. The first-order chi connectivity index (χ1) is 7.13. The molecule has 0 saturated carbocycles. The fourth-order valence-corrected chi connectivity index (χ4v) is 1.50. The minimum atomic E-state index is -0.155. The van der Waals surface area contributed by atoms with Crippen molar-refractivity contribution in [3.8, 4) is 0 Å². The van der Waals surface area contributed by atoms with Gasteiger partial charge in [-0.2, -0.15) is 0 Å². The number of rotatable bonds is 3. The fourth-order valence-electron chi connectivity index (χ4n) is 1.13. The monoisotopic (exact) mass is 270 g/mol. The molecule has 1 aromatic rings. The van der Waals surface area contributed by atoms with Gasteiger partial charge in [-0.3, -0.25) is 0 Å². The van der Waals surface area contributed by atoms with E-state index in [2.05, 4.69) is 26.6 Å². The van der Waals surface area contributed by atoms with Gasteiger partial charge in [0.2, 0.25) is 0 Å². The Hall–Kier alpha value is -1.03. The third-order valence-corrected chi connectivity index (χ3v) is 2.48. The zero-order valence-electron chi connectivity index (χ0n) is 8.93. The highest BCUT2D eigenvalue weighted by Gasteiger charge is 2.03. The molecule has 0 aromatic heterocycles. The van der Waals surface area contributed by atoms with Crippen LogP contribution in [0.3, 0.4) is 0 Å². The summed E-state index contributed by atoms with van der Waals surface area (Å²) in [6, 6.07) is 5.64. The Labute approximate surface area is 98.4 Å². The molecular weight excluding hydrogens is 256 g/mol. The number of carbonyl (C=O) groups is 1. The van der Waals surface area contributed by atoms with Gasteiger partial charge in [0.15, 0.2) is 0 Å². The van der Waals surface area contributed by atoms with Crippen LogP contribution in [0.15, 0.2) is 22.7 Å². The van der Waals surface area contributed by atoms with Crippen LogP contribution in [0.2, 0.25) is 0 Å². The van der Waals surface area contributed by atoms with Crippen molar-refractivity contribution in [2.75, 3.05) is 11.9 Å². The summed E-state index contributed by atoms with van der Waals surface area (Å²) in [6.07, 6.45) is 0.935. The molecule has 0 unspecified atom stereocenters. The van der Waals surface area contributed by atoms with Gasteiger partial charge in [0.25, 0.3) is 0 Å². The van der Waals surface area contributed by atoms with Crippen molar-refractivity contribution >= 4 is 27.6 Å². The van der Waals surface area contributed by atoms with E-state index in [0.717, 1.165) is 22.1 Å². The lowest BCUT2D eigenvalue weighted by atomic mass is 10.2. The summed E-state index contributed by atoms with van der Waals surface area (Å²) in [5.41, 5.74) is 1.88. The lowest BCUT2D eigenvalue weighted by molar-refractivity contribution is 0.252. The van der Waals surface area contributed by atoms with E-state index in [0.29, 0.717) is 6.54 Å². The lowest BCUT2D eigenvalue weighted by Crippen LogP contribution is -2.29. The van der Waals surface area contributed by atoms with Gasteiger partial charge in [-0.05, 0) is 31.0 Å². The van der Waals surface area contributed by atoms with E-state index in [1.54, 1.807) is 0 Å². The SMILES string of the molecule is CCCNC(=O)Nc1cc(Br)ccc1C. The first-order valence-electron chi connectivity index (χ1n) is 4.94. The molecule has 0 spiro atoms. The molecule has 0 aliphatic heterocycles. The van der Waals surface area contributed by atoms with Gasteiger partial charge in [-0.25, -0.2) is 4.79 Å². The van der Waals surface area contributed by atoms with Crippen LogP contribution in [0.5, 0.6) is 0 Å². The number of hydrogen-bond donors (Lipinski definition) is 2. The number of aryl methyl sites for hydroxylation is 1. The molecule has 0 fully saturated rings. The molecule has 0 saturated heterocycles. The van der Waals surface area contributed by atoms with Gasteiger partial charge in [-0.15, -0.1) is 0 Å². The molecule has 0 heterocycles. The Bertz CT molecular complexity index is 352. The van der Waals surface area contributed by atoms with Crippen LogP contribution in [0.4, 0.5) is 10.5 Å². The maximum atomic E-state index is 11.4. The topological polar surface area (TPSA) is 41.1 Å². The summed E-state index contributed by atoms with van der Waals surface area (Å²) >= 11 is 3.37. The average Bonchev–Trinajstić information content (AvgIpc) is 2.20. The number of urea groups is 1. The molecule has 0 atom stereocenters. The largest absolute Gasteiger partial charge is 0.338 e. The van der Waals surface area contributed by atoms with Crippen molar-refractivity contribution in [2.45, 2.75) is 20.3 Å². The van der Waals surface area contributed by atoms with Crippen LogP contribution in [0.1, 0.15) is 18.9 Å². The van der Waals surface area contributed by atoms with Crippen molar-refractivity contribution in [1.82, 2.24) is 5.32 Å². The van der Waals surface area contributed by atoms with E-state index in [9.17, 15) is 4.79 Å². The zero-order valence-corrected chi connectivity index (χ0v) is 10.5. The van der Waals surface area contributed by atoms with Crippen LogP contribution >= 0.6 is 15.9 Å². The number of anilines is 1. The molecule has 1 aromatic carbocycles. The maximum Gasteiger partial charge on any atom is 0.319 e. The third-order valence-electron chi connectivity index (χ3n) is 1.98. The second-order valence-corrected chi connectivity index (χ2v) is 4.26. The predicted octanol–water partition coefficient (Wildman–Crippen LogP) is 3.29. The van der Waals surface area contributed by atoms with Crippen molar-refractivity contribution in [3.05, 3.63) is 28.2 Å². The van der Waals surface area contributed by atoms with Crippen molar-refractivity contribution in [2.24, 2.45) is 0 Å². The number of hydrogen-bond acceptors (Lipinski definition) is 1. The first kappa shape index (κ1) is 12.0. The van der Waals surface area contributed by atoms with Gasteiger partial charge in [0.1, 0.15) is 0 Å². The summed E-state index contributed by atoms with van der Waals surface area (Å²) in [5, 5.41) is 5.57. The lowest BCUT2D eigenvalue weighted by Gasteiger charge is -2.09. The second-order valence-electron chi connectivity index (χ2n) is 3.34. The average molecular weight is 271 g/mol. The van der Waals surface area contributed by atoms with Crippen LogP contribution in [0, 0.1) is 6.92 Å². The zero-order chi connectivity index (χ0) is 11.3. The van der Waals surface area contributed by atoms with Gasteiger partial charge in [-0.1, -0.05) is 28.9 Å². The summed E-state index contributed by atoms with van der Waals surface area (Å²) in [6.45, 7) is 4.67. The number of nitrogens with one attached hydrogen (secondary N) is 2. The van der Waals surface area contributed by atoms with E-state index < -0.39 is 0 Å². The maximum absolute atomic E-state index is 11.4. The second kappa shape index (κ2) is 5.75. The van der Waals surface area contributed by atoms with Crippen molar-refractivity contribution in [1.29, 1.82) is 0 Å². The molecule has 1 rings (SSSR count). The van der Waals surface area contributed by atoms with E-state index >= 15 is 0 Å². The highest BCUT2D eigenvalue weighted by molar-refractivity contribution is 9.10. The Kier molecular flexibility index (Phi) is 4.62. The molecule has 82 valence electrons. The molecular formula is C11H15BrN2O. The van der Waals surface area contributed by atoms with Gasteiger partial charge < -0.3 is 10.6 Å². The van der Waals surface area contributed by atoms with Crippen molar-refractivity contribution in [3.63, 3.8) is 0 Å². The minimum absolute atomic E-state index is 0.155. The molecule has 4 heteroatoms. The number of halogens is 1. The molecule has 15 heavy (non-hydrogen) atoms. The van der Waals surface area contributed by atoms with Crippen LogP contribution in [-0.4, -0.2) is 12.6 Å². The van der Waals surface area contributed by atoms with Crippen molar-refractivity contribution < 1.29 is 4.79 Å². The number of benzene rings is 1. The Balaban J connectivity index is 2.63. The standard InChI is InChI=1S/C11H15BrN2O/c1-3-6-13-11(15)14-10-7-9(12)5-4-8(10)2/h4-5,7H,3,6H2,1-2H3,(H2,13,14,15). The Morgan fingerprint density at radius 1 is 1.47 bits per heavy atom. The number of carbonyl (C=O) groups excluding carboxylic acids is 1. The summed E-state index contributed by atoms with van der Waals surface area (Å²) in [4.78, 5) is 11.4. The van der Waals surface area contributed by atoms with Crippen LogP contribution < -0.4 is 10.6 Å². The molecule has 0 aliphatic rings.